The van der Waals surface area contributed by atoms with Gasteiger partial charge in [-0.1, -0.05) is 6.07 Å². The Balaban J connectivity index is 2.35. The largest absolute Gasteiger partial charge is 0.493 e. The summed E-state index contributed by atoms with van der Waals surface area (Å²) >= 11 is 15.1. The molecule has 2 aromatic rings. The third kappa shape index (κ3) is 3.27. The molecule has 1 heterocycles. The van der Waals surface area contributed by atoms with E-state index in [9.17, 15) is 0 Å². The molecule has 0 aliphatic carbocycles. The van der Waals surface area contributed by atoms with E-state index < -0.39 is 0 Å². The van der Waals surface area contributed by atoms with Crippen LogP contribution in [-0.2, 0) is 0 Å². The first-order valence-electron chi connectivity index (χ1n) is 5.37. The van der Waals surface area contributed by atoms with Crippen LogP contribution < -0.4 is 9.47 Å². The Morgan fingerprint density at radius 3 is 2.32 bits per heavy atom. The van der Waals surface area contributed by atoms with Gasteiger partial charge in [0.25, 0.3) is 0 Å². The van der Waals surface area contributed by atoms with Crippen molar-refractivity contribution in [3.63, 3.8) is 0 Å². The number of benzene rings is 1. The van der Waals surface area contributed by atoms with Crippen molar-refractivity contribution >= 4 is 54.8 Å². The fraction of sp³-hybridized carbons (Fsp3) is 0.231. The minimum Gasteiger partial charge on any atom is -0.493 e. The summed E-state index contributed by atoms with van der Waals surface area (Å²) < 4.78 is 12.6. The molecule has 2 nitrogen and oxygen atoms in total. The van der Waals surface area contributed by atoms with Crippen LogP contribution in [0.25, 0.3) is 0 Å². The minimum absolute atomic E-state index is 0.215. The van der Waals surface area contributed by atoms with E-state index in [0.717, 1.165) is 18.7 Å². The average molecular weight is 427 g/mol. The van der Waals surface area contributed by atoms with Crippen LogP contribution in [0.1, 0.15) is 15.8 Å². The first kappa shape index (κ1) is 15.2. The molecule has 1 unspecified atom stereocenters. The van der Waals surface area contributed by atoms with Crippen LogP contribution in [0.3, 0.4) is 0 Å². The molecule has 1 aromatic carbocycles. The Kier molecular flexibility index (Phi) is 5.17. The van der Waals surface area contributed by atoms with Crippen LogP contribution in [0, 0.1) is 0 Å². The molecule has 0 saturated heterocycles. The van der Waals surface area contributed by atoms with Crippen molar-refractivity contribution in [2.45, 2.75) is 5.38 Å². The van der Waals surface area contributed by atoms with Crippen LogP contribution in [0.4, 0.5) is 0 Å². The van der Waals surface area contributed by atoms with E-state index in [4.69, 9.17) is 21.1 Å². The number of alkyl halides is 1. The van der Waals surface area contributed by atoms with Gasteiger partial charge in [-0.3, -0.25) is 0 Å². The molecular formula is C13H11Br2ClO2S. The minimum atomic E-state index is -0.215. The maximum atomic E-state index is 6.51. The second kappa shape index (κ2) is 6.48. The average Bonchev–Trinajstić information content (AvgIpc) is 2.77. The fourth-order valence-corrected chi connectivity index (χ4v) is 4.09. The van der Waals surface area contributed by atoms with Gasteiger partial charge in [0.15, 0.2) is 11.5 Å². The van der Waals surface area contributed by atoms with Crippen LogP contribution >= 0.6 is 54.8 Å². The van der Waals surface area contributed by atoms with Crippen molar-refractivity contribution in [1.29, 1.82) is 0 Å². The highest BCUT2D eigenvalue weighted by Crippen LogP contribution is 2.42. The molecule has 1 atom stereocenters. The zero-order chi connectivity index (χ0) is 14.0. The monoisotopic (exact) mass is 424 g/mol. The third-order valence-electron chi connectivity index (χ3n) is 2.61. The normalized spacial score (nSPS) is 12.3. The highest BCUT2D eigenvalue weighted by molar-refractivity contribution is 9.13. The van der Waals surface area contributed by atoms with Crippen LogP contribution in [0.2, 0.25) is 0 Å². The van der Waals surface area contributed by atoms with Crippen molar-refractivity contribution in [1.82, 2.24) is 0 Å². The van der Waals surface area contributed by atoms with Crippen molar-refractivity contribution < 1.29 is 9.47 Å². The molecule has 0 spiro atoms. The number of hydrogen-bond donors (Lipinski definition) is 0. The van der Waals surface area contributed by atoms with E-state index in [1.54, 1.807) is 25.6 Å². The van der Waals surface area contributed by atoms with Gasteiger partial charge < -0.3 is 9.47 Å². The maximum Gasteiger partial charge on any atom is 0.161 e. The molecule has 6 heteroatoms. The van der Waals surface area contributed by atoms with Gasteiger partial charge in [-0.15, -0.1) is 22.9 Å². The lowest BCUT2D eigenvalue weighted by Gasteiger charge is -2.12. The Labute approximate surface area is 137 Å². The molecule has 0 aliphatic heterocycles. The molecular weight excluding hydrogens is 415 g/mol. The van der Waals surface area contributed by atoms with E-state index in [-0.39, 0.29) is 5.38 Å². The summed E-state index contributed by atoms with van der Waals surface area (Å²) in [7, 11) is 3.23. The number of ether oxygens (including phenoxy) is 2. The number of thiophene rings is 1. The molecule has 1 aromatic heterocycles. The van der Waals surface area contributed by atoms with E-state index in [0.29, 0.717) is 11.5 Å². The summed E-state index contributed by atoms with van der Waals surface area (Å²) in [5.74, 6) is 1.38. The highest BCUT2D eigenvalue weighted by atomic mass is 79.9. The van der Waals surface area contributed by atoms with Gasteiger partial charge in [0.1, 0.15) is 0 Å². The first-order valence-corrected chi connectivity index (χ1v) is 8.21. The Morgan fingerprint density at radius 2 is 1.79 bits per heavy atom. The summed E-state index contributed by atoms with van der Waals surface area (Å²) in [6.45, 7) is 0. The lowest BCUT2D eigenvalue weighted by molar-refractivity contribution is 0.354. The Bertz CT molecular complexity index is 567. The lowest BCUT2D eigenvalue weighted by Crippen LogP contribution is -1.95. The second-order valence-electron chi connectivity index (χ2n) is 3.75. The zero-order valence-corrected chi connectivity index (χ0v) is 15.0. The Morgan fingerprint density at radius 1 is 1.11 bits per heavy atom. The quantitative estimate of drug-likeness (QED) is 0.591. The standard InChI is InChI=1S/C13H11Br2ClO2S/c1-17-9-4-3-7(5-10(9)18-2)12(16)11-6-8(14)13(15)19-11/h3-6,12H,1-2H3. The third-order valence-corrected chi connectivity index (χ3v) is 6.55. The second-order valence-corrected chi connectivity index (χ2v) is 7.44. The Hall–Kier alpha value is -0.230. The van der Waals surface area contributed by atoms with Gasteiger partial charge in [-0.2, -0.15) is 0 Å². The summed E-state index contributed by atoms with van der Waals surface area (Å²) in [5.41, 5.74) is 0.973. The number of rotatable bonds is 4. The van der Waals surface area contributed by atoms with Crippen LogP contribution in [0.15, 0.2) is 32.5 Å². The van der Waals surface area contributed by atoms with Crippen molar-refractivity contribution in [3.05, 3.63) is 43.0 Å². The SMILES string of the molecule is COc1ccc(C(Cl)c2cc(Br)c(Br)s2)cc1OC. The predicted octanol–water partition coefficient (Wildman–Crippen LogP) is 5.62. The van der Waals surface area contributed by atoms with Crippen LogP contribution in [0.5, 0.6) is 11.5 Å². The predicted molar refractivity (Wildman–Crippen MR) is 87.0 cm³/mol. The molecule has 0 N–H and O–H groups in total. The van der Waals surface area contributed by atoms with E-state index in [2.05, 4.69) is 31.9 Å². The molecule has 19 heavy (non-hydrogen) atoms. The number of hydrogen-bond acceptors (Lipinski definition) is 3. The molecule has 0 amide bonds. The highest BCUT2D eigenvalue weighted by Gasteiger charge is 2.17. The summed E-state index contributed by atoms with van der Waals surface area (Å²) in [6.07, 6.45) is 0. The van der Waals surface area contributed by atoms with Gasteiger partial charge >= 0.3 is 0 Å². The van der Waals surface area contributed by atoms with Gasteiger partial charge in [-0.05, 0) is 55.6 Å². The van der Waals surface area contributed by atoms with Gasteiger partial charge in [0.05, 0.1) is 23.4 Å². The molecule has 0 fully saturated rings. The topological polar surface area (TPSA) is 18.5 Å². The van der Waals surface area contributed by atoms with Crippen molar-refractivity contribution in [2.24, 2.45) is 0 Å². The van der Waals surface area contributed by atoms with E-state index >= 15 is 0 Å². The van der Waals surface area contributed by atoms with Crippen LogP contribution in [-0.4, -0.2) is 14.2 Å². The molecule has 0 aliphatic rings. The van der Waals surface area contributed by atoms with Gasteiger partial charge in [0, 0.05) is 9.35 Å². The van der Waals surface area contributed by atoms with Gasteiger partial charge in [-0.25, -0.2) is 0 Å². The smallest absolute Gasteiger partial charge is 0.161 e. The summed E-state index contributed by atoms with van der Waals surface area (Å²) in [5, 5.41) is -0.215. The molecule has 102 valence electrons. The lowest BCUT2D eigenvalue weighted by atomic mass is 10.1. The molecule has 0 saturated carbocycles. The number of halogens is 3. The van der Waals surface area contributed by atoms with Gasteiger partial charge in [0.2, 0.25) is 0 Å². The first-order chi connectivity index (χ1) is 9.06. The van der Waals surface area contributed by atoms with Crippen molar-refractivity contribution in [3.8, 4) is 11.5 Å². The van der Waals surface area contributed by atoms with E-state index in [1.165, 1.54) is 0 Å². The molecule has 0 radical (unpaired) electrons. The fourth-order valence-electron chi connectivity index (χ4n) is 1.66. The summed E-state index contributed by atoms with van der Waals surface area (Å²) in [4.78, 5) is 1.06. The van der Waals surface area contributed by atoms with E-state index in [1.807, 2.05) is 24.3 Å². The number of methoxy groups -OCH3 is 2. The zero-order valence-electron chi connectivity index (χ0n) is 10.2. The molecule has 2 rings (SSSR count). The molecule has 0 bridgehead atoms. The summed E-state index contributed by atoms with van der Waals surface area (Å²) in [6, 6.07) is 7.73. The maximum absolute atomic E-state index is 6.51. The van der Waals surface area contributed by atoms with Crippen molar-refractivity contribution in [2.75, 3.05) is 14.2 Å².